The maximum absolute atomic E-state index is 11.9. The monoisotopic (exact) mass is 358 g/mol. The number of anilines is 1. The molecule has 2 rings (SSSR count). The van der Waals surface area contributed by atoms with Gasteiger partial charge in [0.2, 0.25) is 0 Å². The van der Waals surface area contributed by atoms with Crippen molar-refractivity contribution in [3.05, 3.63) is 28.2 Å². The van der Waals surface area contributed by atoms with Crippen LogP contribution in [0.25, 0.3) is 0 Å². The molecule has 1 aromatic carbocycles. The van der Waals surface area contributed by atoms with Gasteiger partial charge in [-0.1, -0.05) is 0 Å². The van der Waals surface area contributed by atoms with E-state index >= 15 is 0 Å². The standard InChI is InChI=1S/C13H15BrN2O3S/c14-10-6-8(12(17)18)3-4-11(10)16-13(19)15-9-2-1-5-20-7-9/h3-4,6,9H,1-2,5,7H2,(H,17,18)(H2,15,16,19). The fourth-order valence-electron chi connectivity index (χ4n) is 1.95. The number of halogens is 1. The van der Waals surface area contributed by atoms with Gasteiger partial charge in [-0.25, -0.2) is 9.59 Å². The zero-order valence-corrected chi connectivity index (χ0v) is 13.1. The molecule has 5 nitrogen and oxygen atoms in total. The molecule has 1 fully saturated rings. The molecule has 1 heterocycles. The summed E-state index contributed by atoms with van der Waals surface area (Å²) >= 11 is 5.10. The van der Waals surface area contributed by atoms with Crippen molar-refractivity contribution in [1.82, 2.24) is 5.32 Å². The van der Waals surface area contributed by atoms with E-state index in [1.165, 1.54) is 12.1 Å². The summed E-state index contributed by atoms with van der Waals surface area (Å²) in [4.78, 5) is 22.7. The lowest BCUT2D eigenvalue weighted by atomic mass is 10.2. The van der Waals surface area contributed by atoms with Crippen LogP contribution in [-0.2, 0) is 0 Å². The third kappa shape index (κ3) is 4.14. The zero-order valence-electron chi connectivity index (χ0n) is 10.7. The summed E-state index contributed by atoms with van der Waals surface area (Å²) in [6.07, 6.45) is 2.12. The molecule has 1 aromatic rings. The molecule has 2 amide bonds. The second-order valence-corrected chi connectivity index (χ2v) is 6.52. The van der Waals surface area contributed by atoms with Gasteiger partial charge in [0, 0.05) is 16.3 Å². The Hall–Kier alpha value is -1.21. The number of carboxylic acid groups (broad SMARTS) is 1. The summed E-state index contributed by atoms with van der Waals surface area (Å²) in [5, 5.41) is 14.5. The van der Waals surface area contributed by atoms with Gasteiger partial charge in [-0.2, -0.15) is 11.8 Å². The predicted molar refractivity (Wildman–Crippen MR) is 83.6 cm³/mol. The number of thioether (sulfide) groups is 1. The van der Waals surface area contributed by atoms with Crippen molar-refractivity contribution < 1.29 is 14.7 Å². The summed E-state index contributed by atoms with van der Waals surface area (Å²) in [5.74, 6) is 1.09. The quantitative estimate of drug-likeness (QED) is 0.775. The van der Waals surface area contributed by atoms with Crippen LogP contribution >= 0.6 is 27.7 Å². The highest BCUT2D eigenvalue weighted by molar-refractivity contribution is 9.10. The second kappa shape index (κ2) is 6.99. The molecule has 1 aliphatic heterocycles. The topological polar surface area (TPSA) is 78.4 Å². The van der Waals surface area contributed by atoms with Crippen LogP contribution in [0.5, 0.6) is 0 Å². The number of hydrogen-bond donors (Lipinski definition) is 3. The number of rotatable bonds is 3. The molecular formula is C13H15BrN2O3S. The molecule has 0 saturated carbocycles. The van der Waals surface area contributed by atoms with Gasteiger partial charge in [-0.3, -0.25) is 0 Å². The SMILES string of the molecule is O=C(Nc1ccc(C(=O)O)cc1Br)NC1CCCSC1. The molecule has 0 aromatic heterocycles. The largest absolute Gasteiger partial charge is 0.478 e. The van der Waals surface area contributed by atoms with Gasteiger partial charge in [-0.05, 0) is 52.7 Å². The average Bonchev–Trinajstić information content (AvgIpc) is 2.42. The average molecular weight is 359 g/mol. The first-order chi connectivity index (χ1) is 9.56. The van der Waals surface area contributed by atoms with Crippen LogP contribution in [0.1, 0.15) is 23.2 Å². The first-order valence-electron chi connectivity index (χ1n) is 6.24. The van der Waals surface area contributed by atoms with Crippen molar-refractivity contribution >= 4 is 45.4 Å². The van der Waals surface area contributed by atoms with Gasteiger partial charge < -0.3 is 15.7 Å². The Bertz CT molecular complexity index is 518. The maximum Gasteiger partial charge on any atom is 0.335 e. The van der Waals surface area contributed by atoms with E-state index in [2.05, 4.69) is 26.6 Å². The Balaban J connectivity index is 1.95. The molecule has 1 aliphatic rings. The van der Waals surface area contributed by atoms with Crippen LogP contribution in [0.4, 0.5) is 10.5 Å². The van der Waals surface area contributed by atoms with Crippen LogP contribution in [0, 0.1) is 0 Å². The predicted octanol–water partition coefficient (Wildman–Crippen LogP) is 3.16. The molecule has 7 heteroatoms. The number of nitrogens with one attached hydrogen (secondary N) is 2. The molecular weight excluding hydrogens is 344 g/mol. The van der Waals surface area contributed by atoms with Crippen LogP contribution < -0.4 is 10.6 Å². The third-order valence-electron chi connectivity index (χ3n) is 2.96. The van der Waals surface area contributed by atoms with Crippen molar-refractivity contribution in [2.75, 3.05) is 16.8 Å². The summed E-state index contributed by atoms with van der Waals surface area (Å²) < 4.78 is 0.547. The lowest BCUT2D eigenvalue weighted by Crippen LogP contribution is -2.40. The van der Waals surface area contributed by atoms with Gasteiger partial charge in [0.15, 0.2) is 0 Å². The number of urea groups is 1. The summed E-state index contributed by atoms with van der Waals surface area (Å²) in [6.45, 7) is 0. The number of carboxylic acids is 1. The van der Waals surface area contributed by atoms with Crippen molar-refractivity contribution in [3.8, 4) is 0 Å². The number of carbonyl (C=O) groups is 2. The summed E-state index contributed by atoms with van der Waals surface area (Å²) in [6, 6.07) is 4.43. The van der Waals surface area contributed by atoms with E-state index in [0.29, 0.717) is 10.2 Å². The normalized spacial score (nSPS) is 18.4. The van der Waals surface area contributed by atoms with Crippen LogP contribution in [0.2, 0.25) is 0 Å². The Morgan fingerprint density at radius 1 is 1.40 bits per heavy atom. The number of carbonyl (C=O) groups excluding carboxylic acids is 1. The van der Waals surface area contributed by atoms with Gasteiger partial charge >= 0.3 is 12.0 Å². The lowest BCUT2D eigenvalue weighted by molar-refractivity contribution is 0.0697. The number of aromatic carboxylic acids is 1. The third-order valence-corrected chi connectivity index (χ3v) is 4.83. The molecule has 1 atom stereocenters. The molecule has 0 radical (unpaired) electrons. The Morgan fingerprint density at radius 2 is 2.20 bits per heavy atom. The van der Waals surface area contributed by atoms with E-state index in [4.69, 9.17) is 5.11 Å². The molecule has 0 bridgehead atoms. The van der Waals surface area contributed by atoms with E-state index in [1.807, 2.05) is 11.8 Å². The number of benzene rings is 1. The Morgan fingerprint density at radius 3 is 2.80 bits per heavy atom. The van der Waals surface area contributed by atoms with Crippen LogP contribution in [0.15, 0.2) is 22.7 Å². The molecule has 1 unspecified atom stereocenters. The highest BCUT2D eigenvalue weighted by Crippen LogP contribution is 2.24. The Labute approximate surface area is 129 Å². The molecule has 20 heavy (non-hydrogen) atoms. The van der Waals surface area contributed by atoms with Gasteiger partial charge in [-0.15, -0.1) is 0 Å². The molecule has 0 spiro atoms. The van der Waals surface area contributed by atoms with Crippen LogP contribution in [-0.4, -0.2) is 34.7 Å². The fraction of sp³-hybridized carbons (Fsp3) is 0.385. The van der Waals surface area contributed by atoms with E-state index in [9.17, 15) is 9.59 Å². The molecule has 0 aliphatic carbocycles. The number of amides is 2. The van der Waals surface area contributed by atoms with Crippen molar-refractivity contribution in [1.29, 1.82) is 0 Å². The first kappa shape index (κ1) is 15.2. The minimum atomic E-state index is -0.999. The number of hydrogen-bond acceptors (Lipinski definition) is 3. The fourth-order valence-corrected chi connectivity index (χ4v) is 3.50. The molecule has 1 saturated heterocycles. The Kier molecular flexibility index (Phi) is 5.31. The van der Waals surface area contributed by atoms with Gasteiger partial charge in [0.25, 0.3) is 0 Å². The van der Waals surface area contributed by atoms with E-state index in [0.717, 1.165) is 24.3 Å². The van der Waals surface area contributed by atoms with Crippen molar-refractivity contribution in [2.45, 2.75) is 18.9 Å². The first-order valence-corrected chi connectivity index (χ1v) is 8.19. The highest BCUT2D eigenvalue weighted by atomic mass is 79.9. The maximum atomic E-state index is 11.9. The molecule has 108 valence electrons. The van der Waals surface area contributed by atoms with Crippen molar-refractivity contribution in [3.63, 3.8) is 0 Å². The zero-order chi connectivity index (χ0) is 14.5. The lowest BCUT2D eigenvalue weighted by Gasteiger charge is -2.22. The molecule has 3 N–H and O–H groups in total. The van der Waals surface area contributed by atoms with E-state index in [1.54, 1.807) is 6.07 Å². The minimum Gasteiger partial charge on any atom is -0.478 e. The summed E-state index contributed by atoms with van der Waals surface area (Å²) in [5.41, 5.74) is 0.725. The summed E-state index contributed by atoms with van der Waals surface area (Å²) in [7, 11) is 0. The minimum absolute atomic E-state index is 0.173. The van der Waals surface area contributed by atoms with E-state index < -0.39 is 5.97 Å². The van der Waals surface area contributed by atoms with Crippen LogP contribution in [0.3, 0.4) is 0 Å². The second-order valence-electron chi connectivity index (χ2n) is 4.51. The van der Waals surface area contributed by atoms with Crippen molar-refractivity contribution in [2.24, 2.45) is 0 Å². The van der Waals surface area contributed by atoms with E-state index in [-0.39, 0.29) is 17.6 Å². The van der Waals surface area contributed by atoms with Gasteiger partial charge in [0.1, 0.15) is 0 Å². The highest BCUT2D eigenvalue weighted by Gasteiger charge is 2.16. The smallest absolute Gasteiger partial charge is 0.335 e. The van der Waals surface area contributed by atoms with Gasteiger partial charge in [0.05, 0.1) is 11.3 Å².